The second kappa shape index (κ2) is 7.29. The highest BCUT2D eigenvalue weighted by atomic mass is 19.1. The number of nitrogens with one attached hydrogen (secondary N) is 1. The van der Waals surface area contributed by atoms with E-state index < -0.39 is 0 Å². The Labute approximate surface area is 125 Å². The zero-order valence-corrected chi connectivity index (χ0v) is 12.8. The van der Waals surface area contributed by atoms with E-state index in [0.717, 1.165) is 12.1 Å². The molecule has 0 spiro atoms. The van der Waals surface area contributed by atoms with E-state index in [4.69, 9.17) is 0 Å². The molecule has 0 aliphatic rings. The number of pyridine rings is 1. The fraction of sp³-hybridized carbons (Fsp3) is 0.353. The minimum Gasteiger partial charge on any atom is -0.308 e. The molecular formula is C17H22FN3. The van der Waals surface area contributed by atoms with Crippen LogP contribution in [0.3, 0.4) is 0 Å². The first-order valence-electron chi connectivity index (χ1n) is 7.12. The van der Waals surface area contributed by atoms with Gasteiger partial charge in [0.15, 0.2) is 0 Å². The molecule has 0 fully saturated rings. The van der Waals surface area contributed by atoms with E-state index in [9.17, 15) is 4.39 Å². The average Bonchev–Trinajstić information content (AvgIpc) is 2.47. The highest BCUT2D eigenvalue weighted by Crippen LogP contribution is 2.20. The minimum absolute atomic E-state index is 0.0263. The Morgan fingerprint density at radius 1 is 1.14 bits per heavy atom. The predicted molar refractivity (Wildman–Crippen MR) is 83.5 cm³/mol. The lowest BCUT2D eigenvalue weighted by Crippen LogP contribution is -2.33. The number of benzene rings is 1. The summed E-state index contributed by atoms with van der Waals surface area (Å²) >= 11 is 0. The summed E-state index contributed by atoms with van der Waals surface area (Å²) in [6.07, 6.45) is 2.93. The summed E-state index contributed by atoms with van der Waals surface area (Å²) < 4.78 is 13.3. The third kappa shape index (κ3) is 4.62. The second-order valence-electron chi connectivity index (χ2n) is 5.55. The fourth-order valence-electron chi connectivity index (χ4n) is 2.37. The van der Waals surface area contributed by atoms with Crippen LogP contribution in [0.25, 0.3) is 0 Å². The topological polar surface area (TPSA) is 28.2 Å². The van der Waals surface area contributed by atoms with Gasteiger partial charge in [-0.1, -0.05) is 30.3 Å². The maximum Gasteiger partial charge on any atom is 0.141 e. The van der Waals surface area contributed by atoms with Gasteiger partial charge >= 0.3 is 0 Å². The van der Waals surface area contributed by atoms with Gasteiger partial charge in [0.1, 0.15) is 5.82 Å². The maximum absolute atomic E-state index is 13.3. The summed E-state index contributed by atoms with van der Waals surface area (Å²) in [5.41, 5.74) is 2.08. The zero-order chi connectivity index (χ0) is 15.2. The van der Waals surface area contributed by atoms with Crippen molar-refractivity contribution in [1.29, 1.82) is 0 Å². The lowest BCUT2D eigenvalue weighted by molar-refractivity contribution is 0.325. The summed E-state index contributed by atoms with van der Waals surface area (Å²) in [5.74, 6) is -0.301. The van der Waals surface area contributed by atoms with Crippen LogP contribution >= 0.6 is 0 Å². The standard InChI is InChI=1S/C17H22FN3/c1-13(15-9-16(18)11-19-10-15)20-17(12-21(2)3)14-7-5-4-6-8-14/h4-11,13,17,20H,12H2,1-3H3. The molecule has 2 aromatic rings. The Bertz CT molecular complexity index is 557. The van der Waals surface area contributed by atoms with Crippen molar-refractivity contribution in [2.24, 2.45) is 0 Å². The van der Waals surface area contributed by atoms with Crippen molar-refractivity contribution in [3.05, 3.63) is 65.7 Å². The highest BCUT2D eigenvalue weighted by molar-refractivity contribution is 5.21. The van der Waals surface area contributed by atoms with Gasteiger partial charge in [-0.15, -0.1) is 0 Å². The zero-order valence-electron chi connectivity index (χ0n) is 12.8. The quantitative estimate of drug-likeness (QED) is 0.884. The molecule has 0 bridgehead atoms. The smallest absolute Gasteiger partial charge is 0.141 e. The van der Waals surface area contributed by atoms with Crippen molar-refractivity contribution in [2.45, 2.75) is 19.0 Å². The SMILES string of the molecule is CC(NC(CN(C)C)c1ccccc1)c1cncc(F)c1. The molecule has 1 aromatic carbocycles. The number of likely N-dealkylation sites (N-methyl/N-ethyl adjacent to an activating group) is 1. The van der Waals surface area contributed by atoms with Crippen LogP contribution in [0, 0.1) is 5.82 Å². The van der Waals surface area contributed by atoms with Gasteiger partial charge in [0.25, 0.3) is 0 Å². The molecule has 0 aliphatic carbocycles. The number of rotatable bonds is 6. The molecule has 2 unspecified atom stereocenters. The largest absolute Gasteiger partial charge is 0.308 e. The normalized spacial score (nSPS) is 14.1. The van der Waals surface area contributed by atoms with Gasteiger partial charge in [-0.25, -0.2) is 4.39 Å². The van der Waals surface area contributed by atoms with Crippen LogP contribution in [-0.2, 0) is 0 Å². The first-order valence-corrected chi connectivity index (χ1v) is 7.12. The number of halogens is 1. The average molecular weight is 287 g/mol. The lowest BCUT2D eigenvalue weighted by atomic mass is 10.0. The molecule has 0 saturated heterocycles. The van der Waals surface area contributed by atoms with Crippen LogP contribution in [0.4, 0.5) is 4.39 Å². The van der Waals surface area contributed by atoms with E-state index >= 15 is 0 Å². The molecule has 112 valence electrons. The van der Waals surface area contributed by atoms with Gasteiger partial charge in [-0.05, 0) is 38.2 Å². The molecular weight excluding hydrogens is 265 g/mol. The Kier molecular flexibility index (Phi) is 5.42. The predicted octanol–water partition coefficient (Wildman–Crippen LogP) is 3.17. The van der Waals surface area contributed by atoms with Crippen LogP contribution < -0.4 is 5.32 Å². The molecule has 1 aromatic heterocycles. The molecule has 0 aliphatic heterocycles. The number of hydrogen-bond donors (Lipinski definition) is 1. The molecule has 0 saturated carbocycles. The Morgan fingerprint density at radius 2 is 1.86 bits per heavy atom. The Hall–Kier alpha value is -1.78. The van der Waals surface area contributed by atoms with Crippen molar-refractivity contribution in [3.8, 4) is 0 Å². The minimum atomic E-state index is -0.301. The summed E-state index contributed by atoms with van der Waals surface area (Å²) in [5, 5.41) is 3.56. The molecule has 21 heavy (non-hydrogen) atoms. The molecule has 1 heterocycles. The van der Waals surface area contributed by atoms with E-state index in [0.29, 0.717) is 0 Å². The summed E-state index contributed by atoms with van der Waals surface area (Å²) in [4.78, 5) is 6.06. The molecule has 2 atom stereocenters. The summed E-state index contributed by atoms with van der Waals surface area (Å²) in [7, 11) is 4.10. The van der Waals surface area contributed by atoms with Crippen LogP contribution in [0.2, 0.25) is 0 Å². The summed E-state index contributed by atoms with van der Waals surface area (Å²) in [6, 6.07) is 12.0. The monoisotopic (exact) mass is 287 g/mol. The third-order valence-electron chi connectivity index (χ3n) is 3.43. The van der Waals surface area contributed by atoms with Gasteiger partial charge in [0.05, 0.1) is 6.20 Å². The Balaban J connectivity index is 2.15. The fourth-order valence-corrected chi connectivity index (χ4v) is 2.37. The molecule has 0 radical (unpaired) electrons. The van der Waals surface area contributed by atoms with E-state index in [1.165, 1.54) is 17.8 Å². The number of nitrogens with zero attached hydrogens (tertiary/aromatic N) is 2. The van der Waals surface area contributed by atoms with Gasteiger partial charge in [0, 0.05) is 24.8 Å². The maximum atomic E-state index is 13.3. The van der Waals surface area contributed by atoms with Gasteiger partial charge in [-0.2, -0.15) is 0 Å². The number of hydrogen-bond acceptors (Lipinski definition) is 3. The van der Waals surface area contributed by atoms with Crippen molar-refractivity contribution < 1.29 is 4.39 Å². The van der Waals surface area contributed by atoms with Crippen LogP contribution in [0.5, 0.6) is 0 Å². The molecule has 1 N–H and O–H groups in total. The first-order chi connectivity index (χ1) is 10.1. The van der Waals surface area contributed by atoms with Gasteiger partial charge < -0.3 is 10.2 Å². The molecule has 2 rings (SSSR count). The van der Waals surface area contributed by atoms with E-state index in [1.54, 1.807) is 6.20 Å². The van der Waals surface area contributed by atoms with Crippen molar-refractivity contribution in [3.63, 3.8) is 0 Å². The summed E-state index contributed by atoms with van der Waals surface area (Å²) in [6.45, 7) is 2.90. The van der Waals surface area contributed by atoms with E-state index in [2.05, 4.69) is 27.3 Å². The van der Waals surface area contributed by atoms with Gasteiger partial charge in [0.2, 0.25) is 0 Å². The molecule has 4 heteroatoms. The van der Waals surface area contributed by atoms with Crippen LogP contribution in [0.15, 0.2) is 48.8 Å². The first kappa shape index (κ1) is 15.6. The van der Waals surface area contributed by atoms with Crippen molar-refractivity contribution in [2.75, 3.05) is 20.6 Å². The lowest BCUT2D eigenvalue weighted by Gasteiger charge is -2.26. The Morgan fingerprint density at radius 3 is 2.48 bits per heavy atom. The second-order valence-corrected chi connectivity index (χ2v) is 5.55. The molecule has 3 nitrogen and oxygen atoms in total. The van der Waals surface area contributed by atoms with Gasteiger partial charge in [-0.3, -0.25) is 4.98 Å². The number of aromatic nitrogens is 1. The van der Waals surface area contributed by atoms with Crippen molar-refractivity contribution in [1.82, 2.24) is 15.2 Å². The van der Waals surface area contributed by atoms with Crippen molar-refractivity contribution >= 4 is 0 Å². The van der Waals surface area contributed by atoms with Crippen LogP contribution in [0.1, 0.15) is 30.1 Å². The third-order valence-corrected chi connectivity index (χ3v) is 3.43. The highest BCUT2D eigenvalue weighted by Gasteiger charge is 2.16. The van der Waals surface area contributed by atoms with E-state index in [1.807, 2.05) is 39.2 Å². The van der Waals surface area contributed by atoms with Crippen LogP contribution in [-0.4, -0.2) is 30.5 Å². The van der Waals surface area contributed by atoms with E-state index in [-0.39, 0.29) is 17.9 Å². The molecule has 0 amide bonds.